The molecule has 0 aliphatic carbocycles. The summed E-state index contributed by atoms with van der Waals surface area (Å²) >= 11 is 0. The van der Waals surface area contributed by atoms with Crippen molar-refractivity contribution in [2.75, 3.05) is 26.8 Å². The molecule has 0 amide bonds. The maximum atomic E-state index is 15.1. The summed E-state index contributed by atoms with van der Waals surface area (Å²) in [7, 11) is -7.69. The standard InChI is InChI=1S/C46H40N2O7S2/c1-5-55-46(49)44-43(38-16-10-7-11-17-38)39(25-22-37-23-26-40(54-4)27-24-37)33-48(57(52,53)42-30-20-35(3)21-31-42)45(44)47(32-12-15-36-13-8-6-9-14-36)56(50,51)41-28-18-34(2)19-29-41/h6-11,13-14,16-21,23-24,26-31H,5,32-33H2,1-4H3. The van der Waals surface area contributed by atoms with Gasteiger partial charge in [-0.05, 0) is 87.0 Å². The van der Waals surface area contributed by atoms with Crippen molar-refractivity contribution < 1.29 is 31.1 Å². The molecule has 1 heterocycles. The van der Waals surface area contributed by atoms with Crippen LogP contribution in [0.4, 0.5) is 0 Å². The monoisotopic (exact) mass is 796 g/mol. The van der Waals surface area contributed by atoms with Gasteiger partial charge in [0.15, 0.2) is 0 Å². The zero-order chi connectivity index (χ0) is 40.6. The minimum atomic E-state index is -4.63. The van der Waals surface area contributed by atoms with Gasteiger partial charge >= 0.3 is 5.97 Å². The Kier molecular flexibility index (Phi) is 12.3. The summed E-state index contributed by atoms with van der Waals surface area (Å²) in [5.74, 6) is 11.5. The van der Waals surface area contributed by atoms with Gasteiger partial charge in [0.1, 0.15) is 17.1 Å². The number of carbonyl (C=O) groups is 1. The average molecular weight is 797 g/mol. The Labute approximate surface area is 335 Å². The highest BCUT2D eigenvalue weighted by Crippen LogP contribution is 2.41. The predicted molar refractivity (Wildman–Crippen MR) is 220 cm³/mol. The zero-order valence-corrected chi connectivity index (χ0v) is 33.5. The summed E-state index contributed by atoms with van der Waals surface area (Å²) in [6.45, 7) is 4.21. The van der Waals surface area contributed by atoms with Crippen LogP contribution < -0.4 is 4.74 Å². The lowest BCUT2D eigenvalue weighted by Gasteiger charge is -2.38. The number of sulfonamides is 2. The molecule has 1 aliphatic rings. The van der Waals surface area contributed by atoms with Crippen LogP contribution >= 0.6 is 0 Å². The first-order valence-corrected chi connectivity index (χ1v) is 20.9. The molecule has 0 atom stereocenters. The molecule has 0 N–H and O–H groups in total. The predicted octanol–water partition coefficient (Wildman–Crippen LogP) is 7.34. The van der Waals surface area contributed by atoms with Crippen molar-refractivity contribution in [2.45, 2.75) is 30.6 Å². The summed E-state index contributed by atoms with van der Waals surface area (Å²) < 4.78 is 73.0. The molecule has 0 fully saturated rings. The van der Waals surface area contributed by atoms with Crippen molar-refractivity contribution in [1.82, 2.24) is 8.61 Å². The van der Waals surface area contributed by atoms with Gasteiger partial charge in [-0.25, -0.2) is 30.2 Å². The molecule has 5 aromatic rings. The highest BCUT2D eigenvalue weighted by molar-refractivity contribution is 7.90. The Morgan fingerprint density at radius 3 is 1.84 bits per heavy atom. The smallest absolute Gasteiger partial charge is 0.342 e. The molecule has 0 saturated carbocycles. The van der Waals surface area contributed by atoms with E-state index in [9.17, 15) is 4.79 Å². The Hall–Kier alpha value is -6.53. The van der Waals surface area contributed by atoms with Crippen LogP contribution in [0, 0.1) is 37.5 Å². The molecular weight excluding hydrogens is 757 g/mol. The molecule has 0 radical (unpaired) electrons. The topological polar surface area (TPSA) is 110 Å². The molecule has 0 aromatic heterocycles. The van der Waals surface area contributed by atoms with E-state index in [1.165, 1.54) is 24.3 Å². The molecule has 0 unspecified atom stereocenters. The van der Waals surface area contributed by atoms with Gasteiger partial charge in [-0.1, -0.05) is 108 Å². The highest BCUT2D eigenvalue weighted by atomic mass is 32.2. The van der Waals surface area contributed by atoms with Gasteiger partial charge in [0.2, 0.25) is 0 Å². The third-order valence-electron chi connectivity index (χ3n) is 8.99. The van der Waals surface area contributed by atoms with E-state index in [2.05, 4.69) is 23.7 Å². The number of nitrogens with zero attached hydrogens (tertiary/aromatic N) is 2. The van der Waals surface area contributed by atoms with Crippen molar-refractivity contribution >= 4 is 31.6 Å². The highest BCUT2D eigenvalue weighted by Gasteiger charge is 2.44. The van der Waals surface area contributed by atoms with Crippen LogP contribution in [0.15, 0.2) is 160 Å². The van der Waals surface area contributed by atoms with Crippen molar-refractivity contribution in [2.24, 2.45) is 0 Å². The van der Waals surface area contributed by atoms with Crippen LogP contribution in [0.25, 0.3) is 5.57 Å². The number of benzene rings is 5. The molecule has 6 rings (SSSR count). The molecule has 9 nitrogen and oxygen atoms in total. The quantitative estimate of drug-likeness (QED) is 0.108. The number of rotatable bonds is 10. The summed E-state index contributed by atoms with van der Waals surface area (Å²) in [5, 5.41) is 0. The summed E-state index contributed by atoms with van der Waals surface area (Å²) in [5.41, 5.74) is 3.48. The van der Waals surface area contributed by atoms with Gasteiger partial charge in [-0.15, -0.1) is 0 Å². The van der Waals surface area contributed by atoms with E-state index < -0.39 is 44.9 Å². The molecule has 0 bridgehead atoms. The maximum Gasteiger partial charge on any atom is 0.342 e. The number of esters is 1. The minimum Gasteiger partial charge on any atom is -0.497 e. The molecule has 0 saturated heterocycles. The molecule has 57 heavy (non-hydrogen) atoms. The van der Waals surface area contributed by atoms with Crippen LogP contribution in [-0.2, 0) is 29.6 Å². The fourth-order valence-corrected chi connectivity index (χ4v) is 8.95. The molecule has 288 valence electrons. The second kappa shape index (κ2) is 17.5. The maximum absolute atomic E-state index is 15.1. The summed E-state index contributed by atoms with van der Waals surface area (Å²) in [6, 6.07) is 37.2. The van der Waals surface area contributed by atoms with E-state index in [-0.39, 0.29) is 33.1 Å². The lowest BCUT2D eigenvalue weighted by Crippen LogP contribution is -2.46. The van der Waals surface area contributed by atoms with E-state index in [1.807, 2.05) is 19.9 Å². The van der Waals surface area contributed by atoms with Gasteiger partial charge in [0.05, 0.1) is 36.6 Å². The van der Waals surface area contributed by atoms with Crippen molar-refractivity contribution in [3.8, 4) is 29.4 Å². The molecule has 1 aliphatic heterocycles. The van der Waals surface area contributed by atoms with E-state index in [4.69, 9.17) is 9.47 Å². The number of hydrogen-bond acceptors (Lipinski definition) is 7. The third kappa shape index (κ3) is 8.97. The molecule has 0 spiro atoms. The van der Waals surface area contributed by atoms with Gasteiger partial charge in [0.25, 0.3) is 20.0 Å². The summed E-state index contributed by atoms with van der Waals surface area (Å²) in [6.07, 6.45) is 0. The van der Waals surface area contributed by atoms with Crippen LogP contribution in [0.1, 0.15) is 34.7 Å². The van der Waals surface area contributed by atoms with E-state index in [0.717, 1.165) is 19.7 Å². The third-order valence-corrected chi connectivity index (χ3v) is 12.5. The zero-order valence-electron chi connectivity index (χ0n) is 31.9. The number of carbonyl (C=O) groups excluding carboxylic acids is 1. The minimum absolute atomic E-state index is 0.0895. The molecule has 11 heteroatoms. The summed E-state index contributed by atoms with van der Waals surface area (Å²) in [4.78, 5) is 14.3. The van der Waals surface area contributed by atoms with Crippen LogP contribution in [0.5, 0.6) is 5.75 Å². The van der Waals surface area contributed by atoms with Crippen LogP contribution in [0.3, 0.4) is 0 Å². The Bertz CT molecular complexity index is 2670. The van der Waals surface area contributed by atoms with E-state index >= 15 is 16.8 Å². The molecular formula is C46H40N2O7S2. The van der Waals surface area contributed by atoms with Gasteiger partial charge in [-0.3, -0.25) is 0 Å². The average Bonchev–Trinajstić information content (AvgIpc) is 3.22. The number of hydrogen-bond donors (Lipinski definition) is 0. The molecule has 5 aromatic carbocycles. The van der Waals surface area contributed by atoms with Crippen LogP contribution in [0.2, 0.25) is 0 Å². The fraction of sp³-hybridized carbons (Fsp3) is 0.152. The second-order valence-electron chi connectivity index (χ2n) is 12.9. The van der Waals surface area contributed by atoms with Crippen LogP contribution in [-0.4, -0.2) is 58.2 Å². The lowest BCUT2D eigenvalue weighted by molar-refractivity contribution is -0.138. The lowest BCUT2D eigenvalue weighted by atomic mass is 9.90. The van der Waals surface area contributed by atoms with Gasteiger partial charge < -0.3 is 9.47 Å². The normalized spacial score (nSPS) is 12.9. The number of methoxy groups -OCH3 is 1. The number of aryl methyl sites for hydroxylation is 2. The Morgan fingerprint density at radius 1 is 0.702 bits per heavy atom. The Balaban J connectivity index is 1.73. The fourth-order valence-electron chi connectivity index (χ4n) is 6.06. The Morgan fingerprint density at radius 2 is 1.26 bits per heavy atom. The largest absolute Gasteiger partial charge is 0.497 e. The first-order valence-electron chi connectivity index (χ1n) is 18.0. The van der Waals surface area contributed by atoms with E-state index in [1.54, 1.807) is 117 Å². The first kappa shape index (κ1) is 40.1. The number of ether oxygens (including phenoxy) is 2. The van der Waals surface area contributed by atoms with Crippen molar-refractivity contribution in [3.05, 3.63) is 178 Å². The van der Waals surface area contributed by atoms with Gasteiger partial charge in [0, 0.05) is 22.3 Å². The SMILES string of the molecule is CCOC(=O)C1=C(N(CC#Cc2ccccc2)S(=O)(=O)c2ccc(C)cc2)N(S(=O)(=O)c2ccc(C)cc2)CC(C#Cc2ccc(OC)cc2)=C1c1ccccc1. The van der Waals surface area contributed by atoms with Gasteiger partial charge in [-0.2, -0.15) is 0 Å². The van der Waals surface area contributed by atoms with Crippen molar-refractivity contribution in [1.29, 1.82) is 0 Å². The van der Waals surface area contributed by atoms with Crippen molar-refractivity contribution in [3.63, 3.8) is 0 Å². The first-order chi connectivity index (χ1) is 27.4. The van der Waals surface area contributed by atoms with E-state index in [0.29, 0.717) is 22.4 Å². The second-order valence-corrected chi connectivity index (χ2v) is 16.7.